The van der Waals surface area contributed by atoms with Crippen LogP contribution in [0.5, 0.6) is 0 Å². The number of hydrogen-bond acceptors (Lipinski definition) is 2. The van der Waals surface area contributed by atoms with Gasteiger partial charge >= 0.3 is 0 Å². The molecule has 0 aromatic heterocycles. The average Bonchev–Trinajstić information content (AvgIpc) is 2.65. The lowest BCUT2D eigenvalue weighted by Gasteiger charge is -2.43. The fraction of sp³-hybridized carbons (Fsp3) is 0.529. The van der Waals surface area contributed by atoms with Gasteiger partial charge in [-0.3, -0.25) is 4.90 Å². The Hall–Kier alpha value is -1.12. The van der Waals surface area contributed by atoms with Crippen LogP contribution in [0.1, 0.15) is 37.7 Å². The van der Waals surface area contributed by atoms with E-state index in [0.717, 1.165) is 25.8 Å². The fourth-order valence-electron chi connectivity index (χ4n) is 3.90. The largest absolute Gasteiger partial charge is 0.389 e. The number of hydrogen-bond donors (Lipinski definition) is 1. The molecule has 1 aromatic carbocycles. The molecule has 0 saturated carbocycles. The van der Waals surface area contributed by atoms with Gasteiger partial charge in [0.05, 0.1) is 5.60 Å². The van der Waals surface area contributed by atoms with Crippen molar-refractivity contribution >= 4 is 0 Å². The van der Waals surface area contributed by atoms with Gasteiger partial charge < -0.3 is 5.11 Å². The van der Waals surface area contributed by atoms with Gasteiger partial charge in [0, 0.05) is 18.6 Å². The maximum Gasteiger partial charge on any atom is 0.0711 e. The summed E-state index contributed by atoms with van der Waals surface area (Å²) in [5, 5.41) is 10.6. The summed E-state index contributed by atoms with van der Waals surface area (Å²) < 4.78 is 0. The molecule has 3 rings (SSSR count). The van der Waals surface area contributed by atoms with Crippen molar-refractivity contribution in [3.05, 3.63) is 48.6 Å². The average molecular weight is 257 g/mol. The van der Waals surface area contributed by atoms with Crippen molar-refractivity contribution in [3.8, 4) is 0 Å². The first-order valence-corrected chi connectivity index (χ1v) is 7.33. The van der Waals surface area contributed by atoms with E-state index in [1.54, 1.807) is 0 Å². The zero-order valence-corrected chi connectivity index (χ0v) is 11.5. The maximum absolute atomic E-state index is 10.6. The maximum atomic E-state index is 10.6. The number of nitrogens with zero attached hydrogens (tertiary/aromatic N) is 1. The molecule has 2 unspecified atom stereocenters. The Labute approximate surface area is 115 Å². The highest BCUT2D eigenvalue weighted by molar-refractivity contribution is 5.16. The van der Waals surface area contributed by atoms with Gasteiger partial charge in [-0.1, -0.05) is 36.4 Å². The monoisotopic (exact) mass is 257 g/mol. The van der Waals surface area contributed by atoms with Crippen molar-refractivity contribution < 1.29 is 5.11 Å². The molecule has 2 saturated heterocycles. The van der Waals surface area contributed by atoms with Gasteiger partial charge in [0.2, 0.25) is 0 Å². The second kappa shape index (κ2) is 5.10. The summed E-state index contributed by atoms with van der Waals surface area (Å²) >= 11 is 0. The lowest BCUT2D eigenvalue weighted by atomic mass is 9.83. The first-order valence-electron chi connectivity index (χ1n) is 7.33. The minimum Gasteiger partial charge on any atom is -0.389 e. The molecule has 19 heavy (non-hydrogen) atoms. The summed E-state index contributed by atoms with van der Waals surface area (Å²) in [6.07, 6.45) is 6.88. The minimum absolute atomic E-state index is 0.499. The van der Waals surface area contributed by atoms with Crippen LogP contribution in [-0.2, 0) is 6.54 Å². The third-order valence-electron chi connectivity index (χ3n) is 4.73. The Kier molecular flexibility index (Phi) is 3.46. The Balaban J connectivity index is 1.71. The molecule has 2 heterocycles. The number of piperidine rings is 1. The van der Waals surface area contributed by atoms with E-state index in [2.05, 4.69) is 41.8 Å². The molecule has 1 aromatic rings. The predicted molar refractivity (Wildman–Crippen MR) is 77.8 cm³/mol. The van der Waals surface area contributed by atoms with Crippen molar-refractivity contribution in [2.24, 2.45) is 0 Å². The van der Waals surface area contributed by atoms with Crippen molar-refractivity contribution in [2.45, 2.75) is 56.3 Å². The first kappa shape index (κ1) is 12.9. The van der Waals surface area contributed by atoms with E-state index in [1.165, 1.54) is 18.4 Å². The van der Waals surface area contributed by atoms with Gasteiger partial charge in [-0.25, -0.2) is 0 Å². The van der Waals surface area contributed by atoms with Crippen LogP contribution in [0.25, 0.3) is 0 Å². The van der Waals surface area contributed by atoms with Crippen LogP contribution < -0.4 is 0 Å². The summed E-state index contributed by atoms with van der Waals surface area (Å²) in [6.45, 7) is 4.81. The van der Waals surface area contributed by atoms with Crippen LogP contribution in [0, 0.1) is 0 Å². The Morgan fingerprint density at radius 3 is 2.42 bits per heavy atom. The number of benzene rings is 1. The fourth-order valence-corrected chi connectivity index (χ4v) is 3.90. The number of aliphatic hydroxyl groups is 1. The summed E-state index contributed by atoms with van der Waals surface area (Å²) in [7, 11) is 0. The standard InChI is InChI=1S/C17H23NO/c1-2-10-17(19)11-15-8-9-16(12-17)18(15)13-14-6-4-3-5-7-14/h2-7,15-16,19H,1,8-13H2. The highest BCUT2D eigenvalue weighted by Crippen LogP contribution is 2.42. The molecule has 2 bridgehead atoms. The third kappa shape index (κ3) is 2.60. The van der Waals surface area contributed by atoms with E-state index >= 15 is 0 Å². The molecule has 2 nitrogen and oxygen atoms in total. The van der Waals surface area contributed by atoms with Crippen molar-refractivity contribution in [1.82, 2.24) is 4.90 Å². The van der Waals surface area contributed by atoms with Crippen LogP contribution in [0.3, 0.4) is 0 Å². The topological polar surface area (TPSA) is 23.5 Å². The van der Waals surface area contributed by atoms with Crippen LogP contribution in [0.2, 0.25) is 0 Å². The predicted octanol–water partition coefficient (Wildman–Crippen LogP) is 3.12. The quantitative estimate of drug-likeness (QED) is 0.838. The zero-order valence-electron chi connectivity index (χ0n) is 11.5. The van der Waals surface area contributed by atoms with Crippen molar-refractivity contribution in [2.75, 3.05) is 0 Å². The van der Waals surface area contributed by atoms with Crippen LogP contribution in [-0.4, -0.2) is 27.7 Å². The Bertz CT molecular complexity index is 428. The van der Waals surface area contributed by atoms with E-state index < -0.39 is 5.60 Å². The van der Waals surface area contributed by atoms with Gasteiger partial charge in [0.1, 0.15) is 0 Å². The number of rotatable bonds is 4. The minimum atomic E-state index is -0.499. The molecule has 0 spiro atoms. The highest BCUT2D eigenvalue weighted by Gasteiger charge is 2.46. The Morgan fingerprint density at radius 2 is 1.84 bits per heavy atom. The van der Waals surface area contributed by atoms with Gasteiger partial charge in [0.15, 0.2) is 0 Å². The van der Waals surface area contributed by atoms with Crippen molar-refractivity contribution in [3.63, 3.8) is 0 Å². The molecule has 1 N–H and O–H groups in total. The van der Waals surface area contributed by atoms with Crippen LogP contribution in [0.4, 0.5) is 0 Å². The van der Waals surface area contributed by atoms with Crippen LogP contribution >= 0.6 is 0 Å². The number of fused-ring (bicyclic) bond motifs is 2. The lowest BCUT2D eigenvalue weighted by molar-refractivity contribution is -0.0522. The molecule has 0 radical (unpaired) electrons. The van der Waals surface area contributed by atoms with Gasteiger partial charge in [0.25, 0.3) is 0 Å². The SMILES string of the molecule is C=CCC1(O)CC2CCC(C1)N2Cc1ccccc1. The second-order valence-corrected chi connectivity index (χ2v) is 6.17. The molecular weight excluding hydrogens is 234 g/mol. The van der Waals surface area contributed by atoms with Crippen molar-refractivity contribution in [1.29, 1.82) is 0 Å². The van der Waals surface area contributed by atoms with E-state index in [4.69, 9.17) is 0 Å². The summed E-state index contributed by atoms with van der Waals surface area (Å²) in [5.41, 5.74) is 0.884. The summed E-state index contributed by atoms with van der Waals surface area (Å²) in [4.78, 5) is 2.60. The highest BCUT2D eigenvalue weighted by atomic mass is 16.3. The summed E-state index contributed by atoms with van der Waals surface area (Å²) in [6, 6.07) is 11.8. The Morgan fingerprint density at radius 1 is 1.21 bits per heavy atom. The molecule has 0 aliphatic carbocycles. The van der Waals surface area contributed by atoms with E-state index in [1.807, 2.05) is 6.08 Å². The zero-order chi connectivity index (χ0) is 13.3. The van der Waals surface area contributed by atoms with E-state index in [-0.39, 0.29) is 0 Å². The first-order chi connectivity index (χ1) is 9.20. The normalized spacial score (nSPS) is 34.4. The van der Waals surface area contributed by atoms with E-state index in [0.29, 0.717) is 12.1 Å². The lowest BCUT2D eigenvalue weighted by Crippen LogP contribution is -2.50. The van der Waals surface area contributed by atoms with Gasteiger partial charge in [-0.05, 0) is 37.7 Å². The molecular formula is C17H23NO. The summed E-state index contributed by atoms with van der Waals surface area (Å²) in [5.74, 6) is 0. The molecule has 2 heteroatoms. The molecule has 2 aliphatic heterocycles. The molecule has 2 fully saturated rings. The molecule has 0 amide bonds. The van der Waals surface area contributed by atoms with Crippen LogP contribution in [0.15, 0.2) is 43.0 Å². The molecule has 2 atom stereocenters. The second-order valence-electron chi connectivity index (χ2n) is 6.17. The third-order valence-corrected chi connectivity index (χ3v) is 4.73. The smallest absolute Gasteiger partial charge is 0.0711 e. The van der Waals surface area contributed by atoms with E-state index in [9.17, 15) is 5.11 Å². The van der Waals surface area contributed by atoms with Gasteiger partial charge in [-0.2, -0.15) is 0 Å². The van der Waals surface area contributed by atoms with Gasteiger partial charge in [-0.15, -0.1) is 6.58 Å². The molecule has 102 valence electrons. The molecule has 2 aliphatic rings.